The molecule has 10 heavy (non-hydrogen) atoms. The second kappa shape index (κ2) is 6.34. The molecule has 0 aromatic carbocycles. The molecule has 0 saturated carbocycles. The lowest BCUT2D eigenvalue weighted by atomic mass is 10.2. The number of aliphatic hydroxyl groups excluding tert-OH is 2. The standard InChI is InChI=1S/C6H14O2S2/c7-3-5(9)1-2-6(10)4-8/h5-10H,1-4H2. The predicted octanol–water partition coefficient (Wildman–Crippen LogP) is 0.348. The van der Waals surface area contributed by atoms with Gasteiger partial charge in [0.05, 0.1) is 13.2 Å². The summed E-state index contributed by atoms with van der Waals surface area (Å²) in [5.74, 6) is 0. The Kier molecular flexibility index (Phi) is 6.73. The van der Waals surface area contributed by atoms with Crippen LogP contribution in [0.2, 0.25) is 0 Å². The largest absolute Gasteiger partial charge is 0.395 e. The highest BCUT2D eigenvalue weighted by Crippen LogP contribution is 2.09. The molecule has 2 nitrogen and oxygen atoms in total. The summed E-state index contributed by atoms with van der Waals surface area (Å²) in [4.78, 5) is 0. The minimum Gasteiger partial charge on any atom is -0.395 e. The molecule has 0 saturated heterocycles. The summed E-state index contributed by atoms with van der Waals surface area (Å²) in [7, 11) is 0. The highest BCUT2D eigenvalue weighted by Gasteiger charge is 2.05. The van der Waals surface area contributed by atoms with Crippen molar-refractivity contribution in [2.45, 2.75) is 23.3 Å². The molecular weight excluding hydrogens is 168 g/mol. The average Bonchev–Trinajstić information content (AvgIpc) is 1.99. The van der Waals surface area contributed by atoms with E-state index < -0.39 is 0 Å². The van der Waals surface area contributed by atoms with E-state index in [-0.39, 0.29) is 23.7 Å². The molecule has 2 unspecified atom stereocenters. The van der Waals surface area contributed by atoms with Gasteiger partial charge in [-0.2, -0.15) is 25.3 Å². The molecule has 0 fully saturated rings. The fraction of sp³-hybridized carbons (Fsp3) is 1.00. The minimum atomic E-state index is 0.0289. The minimum absolute atomic E-state index is 0.0289. The second-order valence-corrected chi connectivity index (χ2v) is 3.71. The summed E-state index contributed by atoms with van der Waals surface area (Å²) in [5.41, 5.74) is 0. The first kappa shape index (κ1) is 10.6. The summed E-state index contributed by atoms with van der Waals surface area (Å²) in [6, 6.07) is 0. The number of rotatable bonds is 5. The van der Waals surface area contributed by atoms with Crippen molar-refractivity contribution in [1.82, 2.24) is 0 Å². The Labute approximate surface area is 72.5 Å². The van der Waals surface area contributed by atoms with Gasteiger partial charge in [0.1, 0.15) is 0 Å². The maximum Gasteiger partial charge on any atom is 0.0547 e. The Balaban J connectivity index is 3.17. The molecule has 0 amide bonds. The van der Waals surface area contributed by atoms with Crippen molar-refractivity contribution in [3.63, 3.8) is 0 Å². The summed E-state index contributed by atoms with van der Waals surface area (Å²) in [6.07, 6.45) is 1.60. The predicted molar refractivity (Wildman–Crippen MR) is 49.0 cm³/mol. The zero-order valence-corrected chi connectivity index (χ0v) is 7.56. The smallest absolute Gasteiger partial charge is 0.0547 e. The maximum atomic E-state index is 8.56. The summed E-state index contributed by atoms with van der Waals surface area (Å²) in [5, 5.41) is 17.2. The molecule has 0 aliphatic carbocycles. The van der Waals surface area contributed by atoms with Gasteiger partial charge in [0.25, 0.3) is 0 Å². The molecule has 0 aliphatic rings. The van der Waals surface area contributed by atoms with Crippen molar-refractivity contribution in [1.29, 1.82) is 0 Å². The summed E-state index contributed by atoms with van der Waals surface area (Å²) >= 11 is 8.16. The number of hydrogen-bond acceptors (Lipinski definition) is 4. The van der Waals surface area contributed by atoms with Gasteiger partial charge in [0, 0.05) is 10.5 Å². The molecule has 0 radical (unpaired) electrons. The van der Waals surface area contributed by atoms with E-state index in [4.69, 9.17) is 10.2 Å². The van der Waals surface area contributed by atoms with Crippen LogP contribution < -0.4 is 0 Å². The molecule has 0 aromatic heterocycles. The van der Waals surface area contributed by atoms with E-state index in [2.05, 4.69) is 25.3 Å². The Morgan fingerprint density at radius 1 is 0.900 bits per heavy atom. The van der Waals surface area contributed by atoms with Crippen LogP contribution in [0, 0.1) is 0 Å². The fourth-order valence-electron chi connectivity index (χ4n) is 0.567. The normalized spacial score (nSPS) is 16.8. The summed E-state index contributed by atoms with van der Waals surface area (Å²) in [6.45, 7) is 0.185. The third-order valence-corrected chi connectivity index (χ3v) is 2.10. The van der Waals surface area contributed by atoms with E-state index in [0.717, 1.165) is 12.8 Å². The zero-order valence-electron chi connectivity index (χ0n) is 5.77. The first-order chi connectivity index (χ1) is 4.70. The fourth-order valence-corrected chi connectivity index (χ4v) is 0.865. The zero-order chi connectivity index (χ0) is 7.98. The van der Waals surface area contributed by atoms with Crippen LogP contribution in [0.15, 0.2) is 0 Å². The van der Waals surface area contributed by atoms with E-state index in [0.29, 0.717) is 0 Å². The van der Waals surface area contributed by atoms with Crippen LogP contribution >= 0.6 is 25.3 Å². The van der Waals surface area contributed by atoms with E-state index in [1.54, 1.807) is 0 Å². The van der Waals surface area contributed by atoms with Crippen LogP contribution in [0.5, 0.6) is 0 Å². The Morgan fingerprint density at radius 3 is 1.40 bits per heavy atom. The Hall–Kier alpha value is 0.620. The van der Waals surface area contributed by atoms with Crippen molar-refractivity contribution in [3.8, 4) is 0 Å². The van der Waals surface area contributed by atoms with Crippen molar-refractivity contribution in [2.75, 3.05) is 13.2 Å². The monoisotopic (exact) mass is 182 g/mol. The SMILES string of the molecule is OCC(S)CCC(S)CO. The van der Waals surface area contributed by atoms with Gasteiger partial charge in [-0.25, -0.2) is 0 Å². The average molecular weight is 182 g/mol. The Morgan fingerprint density at radius 2 is 1.20 bits per heavy atom. The van der Waals surface area contributed by atoms with Crippen LogP contribution in [-0.4, -0.2) is 33.9 Å². The van der Waals surface area contributed by atoms with Crippen molar-refractivity contribution in [3.05, 3.63) is 0 Å². The summed E-state index contributed by atoms with van der Waals surface area (Å²) < 4.78 is 0. The van der Waals surface area contributed by atoms with Gasteiger partial charge < -0.3 is 10.2 Å². The highest BCUT2D eigenvalue weighted by atomic mass is 32.1. The molecule has 0 rings (SSSR count). The number of thiol groups is 2. The molecule has 0 aromatic rings. The van der Waals surface area contributed by atoms with Crippen molar-refractivity contribution < 1.29 is 10.2 Å². The lowest BCUT2D eigenvalue weighted by molar-refractivity contribution is 0.274. The molecular formula is C6H14O2S2. The van der Waals surface area contributed by atoms with E-state index >= 15 is 0 Å². The van der Waals surface area contributed by atoms with Gasteiger partial charge in [0.15, 0.2) is 0 Å². The van der Waals surface area contributed by atoms with Crippen LogP contribution in [0.4, 0.5) is 0 Å². The quantitative estimate of drug-likeness (QED) is 0.463. The Bertz CT molecular complexity index is 70.1. The number of hydrogen-bond donors (Lipinski definition) is 4. The van der Waals surface area contributed by atoms with Gasteiger partial charge in [-0.05, 0) is 12.8 Å². The van der Waals surface area contributed by atoms with Crippen LogP contribution in [0.1, 0.15) is 12.8 Å². The van der Waals surface area contributed by atoms with Crippen molar-refractivity contribution in [2.24, 2.45) is 0 Å². The van der Waals surface area contributed by atoms with Crippen LogP contribution in [0.25, 0.3) is 0 Å². The van der Waals surface area contributed by atoms with Gasteiger partial charge in [-0.1, -0.05) is 0 Å². The van der Waals surface area contributed by atoms with Gasteiger partial charge in [0.2, 0.25) is 0 Å². The topological polar surface area (TPSA) is 40.5 Å². The molecule has 0 heterocycles. The van der Waals surface area contributed by atoms with Gasteiger partial charge in [-0.15, -0.1) is 0 Å². The molecule has 2 N–H and O–H groups in total. The lowest BCUT2D eigenvalue weighted by Crippen LogP contribution is -2.11. The molecule has 4 heteroatoms. The molecule has 62 valence electrons. The second-order valence-electron chi connectivity index (χ2n) is 2.25. The molecule has 0 bridgehead atoms. The first-order valence-corrected chi connectivity index (χ1v) is 4.31. The molecule has 0 spiro atoms. The van der Waals surface area contributed by atoms with Crippen molar-refractivity contribution >= 4 is 25.3 Å². The lowest BCUT2D eigenvalue weighted by Gasteiger charge is -2.09. The third kappa shape index (κ3) is 5.41. The van der Waals surface area contributed by atoms with E-state index in [1.165, 1.54) is 0 Å². The van der Waals surface area contributed by atoms with E-state index in [1.807, 2.05) is 0 Å². The van der Waals surface area contributed by atoms with E-state index in [9.17, 15) is 0 Å². The molecule has 0 aliphatic heterocycles. The first-order valence-electron chi connectivity index (χ1n) is 3.28. The third-order valence-electron chi connectivity index (χ3n) is 1.25. The van der Waals surface area contributed by atoms with Crippen LogP contribution in [-0.2, 0) is 0 Å². The van der Waals surface area contributed by atoms with Gasteiger partial charge in [-0.3, -0.25) is 0 Å². The highest BCUT2D eigenvalue weighted by molar-refractivity contribution is 7.81. The number of aliphatic hydroxyl groups is 2. The van der Waals surface area contributed by atoms with Gasteiger partial charge >= 0.3 is 0 Å². The molecule has 2 atom stereocenters. The maximum absolute atomic E-state index is 8.56. The van der Waals surface area contributed by atoms with Crippen LogP contribution in [0.3, 0.4) is 0 Å².